The summed E-state index contributed by atoms with van der Waals surface area (Å²) in [6.07, 6.45) is 0.913. The van der Waals surface area contributed by atoms with Gasteiger partial charge in [0.25, 0.3) is 0 Å². The van der Waals surface area contributed by atoms with Crippen molar-refractivity contribution in [2.45, 2.75) is 40.2 Å². The zero-order valence-corrected chi connectivity index (χ0v) is 13.5. The maximum absolute atomic E-state index is 11.9. The van der Waals surface area contributed by atoms with Crippen molar-refractivity contribution in [3.8, 4) is 0 Å². The zero-order chi connectivity index (χ0) is 15.9. The van der Waals surface area contributed by atoms with Crippen molar-refractivity contribution in [2.75, 3.05) is 13.2 Å². The van der Waals surface area contributed by atoms with Gasteiger partial charge in [0.15, 0.2) is 0 Å². The minimum absolute atomic E-state index is 0.00940. The average Bonchev–Trinajstić information content (AvgIpc) is 2.45. The Morgan fingerprint density at radius 2 is 1.86 bits per heavy atom. The van der Waals surface area contributed by atoms with Crippen LogP contribution in [0, 0.1) is 11.3 Å². The van der Waals surface area contributed by atoms with Gasteiger partial charge in [0.1, 0.15) is 0 Å². The number of aliphatic hydroxyl groups is 1. The SMILES string of the molecule is CC(CO)C(C)NC(=O)NCC(C)(C)Cc1ccccc1. The number of carbonyl (C=O) groups is 1. The topological polar surface area (TPSA) is 61.4 Å². The molecular weight excluding hydrogens is 264 g/mol. The van der Waals surface area contributed by atoms with E-state index in [2.05, 4.69) is 36.6 Å². The van der Waals surface area contributed by atoms with Crippen molar-refractivity contribution >= 4 is 6.03 Å². The summed E-state index contributed by atoms with van der Waals surface area (Å²) in [7, 11) is 0. The van der Waals surface area contributed by atoms with E-state index in [-0.39, 0.29) is 30.0 Å². The third-order valence-electron chi connectivity index (χ3n) is 3.75. The number of aliphatic hydroxyl groups excluding tert-OH is 1. The summed E-state index contributed by atoms with van der Waals surface area (Å²) in [5, 5.41) is 14.8. The Morgan fingerprint density at radius 1 is 1.24 bits per heavy atom. The van der Waals surface area contributed by atoms with Gasteiger partial charge >= 0.3 is 6.03 Å². The number of benzene rings is 1. The normalized spacial score (nSPS) is 14.3. The summed E-state index contributed by atoms with van der Waals surface area (Å²) in [6, 6.07) is 10.1. The molecule has 2 amide bonds. The molecule has 4 heteroatoms. The fourth-order valence-corrected chi connectivity index (χ4v) is 2.09. The van der Waals surface area contributed by atoms with Crippen molar-refractivity contribution in [1.29, 1.82) is 0 Å². The van der Waals surface area contributed by atoms with Crippen LogP contribution in [0.4, 0.5) is 4.79 Å². The number of nitrogens with one attached hydrogen (secondary N) is 2. The molecule has 3 N–H and O–H groups in total. The van der Waals surface area contributed by atoms with Crippen LogP contribution in [0.2, 0.25) is 0 Å². The van der Waals surface area contributed by atoms with Gasteiger partial charge in [-0.2, -0.15) is 0 Å². The van der Waals surface area contributed by atoms with Gasteiger partial charge in [0.2, 0.25) is 0 Å². The first-order valence-corrected chi connectivity index (χ1v) is 7.53. The van der Waals surface area contributed by atoms with Crippen LogP contribution in [0.5, 0.6) is 0 Å². The molecule has 118 valence electrons. The van der Waals surface area contributed by atoms with Crippen LogP contribution in [-0.4, -0.2) is 30.3 Å². The molecule has 0 heterocycles. The number of urea groups is 1. The average molecular weight is 292 g/mol. The van der Waals surface area contributed by atoms with Crippen LogP contribution in [0.15, 0.2) is 30.3 Å². The molecule has 0 aliphatic heterocycles. The molecule has 2 unspecified atom stereocenters. The minimum atomic E-state index is -0.177. The second-order valence-electron chi connectivity index (χ2n) is 6.60. The Balaban J connectivity index is 2.40. The fraction of sp³-hybridized carbons (Fsp3) is 0.588. The fourth-order valence-electron chi connectivity index (χ4n) is 2.09. The monoisotopic (exact) mass is 292 g/mol. The number of amides is 2. The lowest BCUT2D eigenvalue weighted by molar-refractivity contribution is 0.198. The van der Waals surface area contributed by atoms with Crippen molar-refractivity contribution in [3.05, 3.63) is 35.9 Å². The van der Waals surface area contributed by atoms with Crippen LogP contribution in [-0.2, 0) is 6.42 Å². The first-order chi connectivity index (χ1) is 9.84. The standard InChI is InChI=1S/C17H28N2O2/c1-13(11-20)14(2)19-16(21)18-12-17(3,4)10-15-8-6-5-7-9-15/h5-9,13-14,20H,10-12H2,1-4H3,(H2,18,19,21). The van der Waals surface area contributed by atoms with Gasteiger partial charge in [-0.1, -0.05) is 51.1 Å². The summed E-state index contributed by atoms with van der Waals surface area (Å²) < 4.78 is 0. The minimum Gasteiger partial charge on any atom is -0.396 e. The summed E-state index contributed by atoms with van der Waals surface area (Å²) in [6.45, 7) is 8.76. The number of hydrogen-bond donors (Lipinski definition) is 3. The van der Waals surface area contributed by atoms with Crippen LogP contribution < -0.4 is 10.6 Å². The van der Waals surface area contributed by atoms with Gasteiger partial charge in [-0.15, -0.1) is 0 Å². The molecule has 0 saturated carbocycles. The molecule has 21 heavy (non-hydrogen) atoms. The molecule has 0 aliphatic carbocycles. The van der Waals surface area contributed by atoms with E-state index >= 15 is 0 Å². The molecule has 0 radical (unpaired) electrons. The molecule has 0 bridgehead atoms. The predicted molar refractivity (Wildman–Crippen MR) is 86.2 cm³/mol. The Kier molecular flexibility index (Phi) is 6.69. The molecule has 0 saturated heterocycles. The van der Waals surface area contributed by atoms with Gasteiger partial charge < -0.3 is 15.7 Å². The Labute approximate surface area is 128 Å². The molecule has 1 aromatic carbocycles. The first kappa shape index (κ1) is 17.5. The Hall–Kier alpha value is -1.55. The van der Waals surface area contributed by atoms with E-state index in [0.717, 1.165) is 6.42 Å². The highest BCUT2D eigenvalue weighted by Crippen LogP contribution is 2.20. The van der Waals surface area contributed by atoms with Gasteiger partial charge in [0, 0.05) is 19.2 Å². The van der Waals surface area contributed by atoms with Crippen LogP contribution >= 0.6 is 0 Å². The summed E-state index contributed by atoms with van der Waals surface area (Å²) in [5.74, 6) is 0.0491. The summed E-state index contributed by atoms with van der Waals surface area (Å²) in [5.41, 5.74) is 1.26. The molecule has 0 spiro atoms. The van der Waals surface area contributed by atoms with Gasteiger partial charge in [-0.3, -0.25) is 0 Å². The second kappa shape index (κ2) is 8.03. The molecule has 2 atom stereocenters. The van der Waals surface area contributed by atoms with E-state index < -0.39 is 0 Å². The molecule has 0 fully saturated rings. The second-order valence-corrected chi connectivity index (χ2v) is 6.60. The molecule has 0 aromatic heterocycles. The number of rotatable bonds is 7. The van der Waals surface area contributed by atoms with Gasteiger partial charge in [0.05, 0.1) is 0 Å². The van der Waals surface area contributed by atoms with Crippen LogP contribution in [0.1, 0.15) is 33.3 Å². The maximum Gasteiger partial charge on any atom is 0.315 e. The molecule has 0 aliphatic rings. The highest BCUT2D eigenvalue weighted by Gasteiger charge is 2.20. The molecule has 1 aromatic rings. The van der Waals surface area contributed by atoms with Crippen molar-refractivity contribution in [2.24, 2.45) is 11.3 Å². The molecule has 1 rings (SSSR count). The van der Waals surface area contributed by atoms with Crippen molar-refractivity contribution < 1.29 is 9.90 Å². The van der Waals surface area contributed by atoms with Crippen molar-refractivity contribution in [3.63, 3.8) is 0 Å². The summed E-state index contributed by atoms with van der Waals surface area (Å²) in [4.78, 5) is 11.9. The largest absolute Gasteiger partial charge is 0.396 e. The van der Waals surface area contributed by atoms with E-state index in [1.807, 2.05) is 32.0 Å². The molecular formula is C17H28N2O2. The first-order valence-electron chi connectivity index (χ1n) is 7.53. The number of carbonyl (C=O) groups excluding carboxylic acids is 1. The Morgan fingerprint density at radius 3 is 2.43 bits per heavy atom. The van der Waals surface area contributed by atoms with E-state index in [4.69, 9.17) is 5.11 Å². The highest BCUT2D eigenvalue weighted by atomic mass is 16.3. The lowest BCUT2D eigenvalue weighted by Crippen LogP contribution is -2.46. The molecule has 4 nitrogen and oxygen atoms in total. The van der Waals surface area contributed by atoms with Gasteiger partial charge in [-0.05, 0) is 30.2 Å². The Bertz CT molecular complexity index is 432. The lowest BCUT2D eigenvalue weighted by atomic mass is 9.86. The van der Waals surface area contributed by atoms with Crippen molar-refractivity contribution in [1.82, 2.24) is 10.6 Å². The van der Waals surface area contributed by atoms with Gasteiger partial charge in [-0.25, -0.2) is 4.79 Å². The van der Waals surface area contributed by atoms with E-state index in [1.165, 1.54) is 5.56 Å². The quantitative estimate of drug-likeness (QED) is 0.723. The third-order valence-corrected chi connectivity index (χ3v) is 3.75. The lowest BCUT2D eigenvalue weighted by Gasteiger charge is -2.26. The third kappa shape index (κ3) is 6.63. The number of hydrogen-bond acceptors (Lipinski definition) is 2. The smallest absolute Gasteiger partial charge is 0.315 e. The predicted octanol–water partition coefficient (Wildman–Crippen LogP) is 2.57. The zero-order valence-electron chi connectivity index (χ0n) is 13.5. The maximum atomic E-state index is 11.9. The summed E-state index contributed by atoms with van der Waals surface area (Å²) >= 11 is 0. The van der Waals surface area contributed by atoms with E-state index in [1.54, 1.807) is 0 Å². The van der Waals surface area contributed by atoms with Crippen LogP contribution in [0.25, 0.3) is 0 Å². The van der Waals surface area contributed by atoms with Crippen LogP contribution in [0.3, 0.4) is 0 Å². The highest BCUT2D eigenvalue weighted by molar-refractivity contribution is 5.74. The van der Waals surface area contributed by atoms with E-state index in [0.29, 0.717) is 6.54 Å². The van der Waals surface area contributed by atoms with E-state index in [9.17, 15) is 4.79 Å².